The maximum absolute atomic E-state index is 14.0. The third-order valence-electron chi connectivity index (χ3n) is 21.5. The molecule has 0 bridgehead atoms. The van der Waals surface area contributed by atoms with Crippen LogP contribution in [0.4, 0.5) is 4.39 Å². The summed E-state index contributed by atoms with van der Waals surface area (Å²) >= 11 is 0. The minimum atomic E-state index is -1.66. The molecule has 0 saturated carbocycles. The van der Waals surface area contributed by atoms with Crippen LogP contribution in [0, 0.1) is 88.9 Å². The van der Waals surface area contributed by atoms with E-state index in [1.807, 2.05) is 6.07 Å². The van der Waals surface area contributed by atoms with E-state index in [9.17, 15) is 4.39 Å². The van der Waals surface area contributed by atoms with Crippen molar-refractivity contribution in [2.75, 3.05) is 0 Å². The lowest BCUT2D eigenvalue weighted by Gasteiger charge is -2.21. The van der Waals surface area contributed by atoms with Gasteiger partial charge in [0, 0.05) is 90.9 Å². The molecule has 0 aliphatic rings. The molecular formula is C87H95FN3O3Si3+3. The summed E-state index contributed by atoms with van der Waals surface area (Å²) in [6.45, 7) is 48.3. The summed E-state index contributed by atoms with van der Waals surface area (Å²) in [6.07, 6.45) is 0. The second-order valence-electron chi connectivity index (χ2n) is 31.3. The van der Waals surface area contributed by atoms with Gasteiger partial charge in [0.1, 0.15) is 60.5 Å². The molecule has 0 N–H and O–H groups in total. The number of fused-ring (bicyclic) bond motifs is 12. The van der Waals surface area contributed by atoms with E-state index in [1.54, 1.807) is 0 Å². The van der Waals surface area contributed by atoms with Crippen LogP contribution < -0.4 is 29.3 Å². The Morgan fingerprint density at radius 2 is 0.546 bits per heavy atom. The van der Waals surface area contributed by atoms with Crippen molar-refractivity contribution in [1.82, 2.24) is 0 Å². The maximum atomic E-state index is 14.0. The zero-order valence-corrected chi connectivity index (χ0v) is 64.7. The highest BCUT2D eigenvalue weighted by atomic mass is 28.3. The standard InChI is InChI=1S/C29H31FNOSi.2C29H32NOSi/c1-16-11-23-24(13-17(16)2)31(5)25(15-27(23)33(6,7)8)28-19(4)18(3)12-22-21-10-9-20(30)14-26(21)32-29(22)28;2*1-17-13-23-24(15-18(17)2)30(5)25(16-27(23)32(6,7)8)28-20(4)19(3)14-22-21-11-9-10-12-26(21)31-29(22)28/h9-15H,1-8H3;2*9-16H,1-8H3/q3*+1. The zero-order valence-electron chi connectivity index (χ0n) is 61.7. The second kappa shape index (κ2) is 24.0. The van der Waals surface area contributed by atoms with Crippen molar-refractivity contribution in [2.24, 2.45) is 21.1 Å². The van der Waals surface area contributed by atoms with Gasteiger partial charge in [-0.2, -0.15) is 13.7 Å². The molecule has 15 aromatic rings. The summed E-state index contributed by atoms with van der Waals surface area (Å²) in [5.74, 6) is -0.278. The van der Waals surface area contributed by atoms with Crippen molar-refractivity contribution >= 4 is 138 Å². The van der Waals surface area contributed by atoms with Gasteiger partial charge in [-0.15, -0.1) is 0 Å². The van der Waals surface area contributed by atoms with Crippen LogP contribution in [0.2, 0.25) is 58.9 Å². The molecule has 9 aromatic carbocycles. The summed E-state index contributed by atoms with van der Waals surface area (Å²) in [7, 11) is 1.70. The predicted molar refractivity (Wildman–Crippen MR) is 419 cm³/mol. The van der Waals surface area contributed by atoms with Crippen molar-refractivity contribution in [2.45, 2.75) is 142 Å². The van der Waals surface area contributed by atoms with Crippen molar-refractivity contribution in [3.8, 4) is 33.8 Å². The highest BCUT2D eigenvalue weighted by molar-refractivity contribution is 6.91. The fourth-order valence-corrected chi connectivity index (χ4v) is 19.7. The smallest absolute Gasteiger partial charge is 0.216 e. The van der Waals surface area contributed by atoms with E-state index in [4.69, 9.17) is 13.3 Å². The van der Waals surface area contributed by atoms with Crippen LogP contribution in [0.5, 0.6) is 0 Å². The van der Waals surface area contributed by atoms with Crippen LogP contribution in [0.3, 0.4) is 0 Å². The van der Waals surface area contributed by atoms with Crippen LogP contribution in [0.25, 0.3) is 132 Å². The van der Waals surface area contributed by atoms with Crippen LogP contribution in [0.15, 0.2) is 153 Å². The molecule has 0 saturated heterocycles. The Morgan fingerprint density at radius 3 is 0.856 bits per heavy atom. The Hall–Kier alpha value is -8.81. The number of pyridine rings is 3. The van der Waals surface area contributed by atoms with E-state index in [2.05, 4.69) is 298 Å². The van der Waals surface area contributed by atoms with Gasteiger partial charge >= 0.3 is 0 Å². The number of para-hydroxylation sites is 2. The number of hydrogen-bond donors (Lipinski definition) is 0. The molecule has 6 aromatic heterocycles. The quantitative estimate of drug-likeness (QED) is 0.123. The molecule has 0 aliphatic heterocycles. The summed E-state index contributed by atoms with van der Waals surface area (Å²) in [6, 6.07) is 49.8. The van der Waals surface area contributed by atoms with E-state index < -0.39 is 24.2 Å². The number of aryl methyl sites for hydroxylation is 12. The largest absolute Gasteiger partial charge is 0.455 e. The summed E-state index contributed by atoms with van der Waals surface area (Å²) < 4.78 is 40.4. The number of benzene rings is 9. The van der Waals surface area contributed by atoms with Crippen molar-refractivity contribution in [1.29, 1.82) is 0 Å². The fraction of sp³-hybridized carbons (Fsp3) is 0.276. The number of hydrogen-bond acceptors (Lipinski definition) is 3. The molecule has 0 unspecified atom stereocenters. The topological polar surface area (TPSA) is 51.1 Å². The lowest BCUT2D eigenvalue weighted by Crippen LogP contribution is -2.43. The van der Waals surface area contributed by atoms with E-state index in [0.29, 0.717) is 5.58 Å². The van der Waals surface area contributed by atoms with Gasteiger partial charge in [-0.3, -0.25) is 0 Å². The van der Waals surface area contributed by atoms with Crippen molar-refractivity contribution < 1.29 is 31.3 Å². The van der Waals surface area contributed by atoms with Gasteiger partial charge in [0.05, 0.1) is 40.9 Å². The molecule has 10 heteroatoms. The molecule has 0 fully saturated rings. The lowest BCUT2D eigenvalue weighted by atomic mass is 9.95. The molecule has 0 spiro atoms. The summed E-state index contributed by atoms with van der Waals surface area (Å²) in [5, 5.41) is 15.4. The highest BCUT2D eigenvalue weighted by Gasteiger charge is 2.34. The molecular weight excluding hydrogens is 1240 g/mol. The molecule has 0 radical (unpaired) electrons. The minimum absolute atomic E-state index is 0.278. The normalized spacial score (nSPS) is 12.4. The average Bonchev–Trinajstić information content (AvgIpc) is 1.71. The molecule has 0 amide bonds. The number of furan rings is 3. The van der Waals surface area contributed by atoms with Crippen LogP contribution >= 0.6 is 0 Å². The van der Waals surface area contributed by atoms with Crippen LogP contribution in [-0.2, 0) is 21.1 Å². The fourth-order valence-electron chi connectivity index (χ4n) is 15.0. The highest BCUT2D eigenvalue weighted by Crippen LogP contribution is 2.43. The van der Waals surface area contributed by atoms with Gasteiger partial charge < -0.3 is 13.3 Å². The Bertz CT molecular complexity index is 5610. The lowest BCUT2D eigenvalue weighted by molar-refractivity contribution is -0.633. The van der Waals surface area contributed by atoms with Crippen molar-refractivity contribution in [3.63, 3.8) is 0 Å². The van der Waals surface area contributed by atoms with Gasteiger partial charge in [-0.05, 0) is 226 Å². The predicted octanol–water partition coefficient (Wildman–Crippen LogP) is 21.2. The minimum Gasteiger partial charge on any atom is -0.455 e. The number of halogens is 1. The van der Waals surface area contributed by atoms with Crippen molar-refractivity contribution in [3.05, 3.63) is 212 Å². The van der Waals surface area contributed by atoms with Crippen LogP contribution in [0.1, 0.15) is 66.8 Å². The Labute approximate surface area is 575 Å². The molecule has 0 atom stereocenters. The summed E-state index contributed by atoms with van der Waals surface area (Å²) in [4.78, 5) is 0. The molecule has 6 nitrogen and oxygen atoms in total. The second-order valence-corrected chi connectivity index (χ2v) is 46.4. The number of aromatic nitrogens is 3. The summed E-state index contributed by atoms with van der Waals surface area (Å²) in [5.41, 5.74) is 31.9. The SMILES string of the molecule is Cc1cc2c([Si](C)(C)C)cc(-c3c(C)c(C)cc4c3oc3cc(F)ccc34)[n+](C)c2cc1C.Cc1cc2c([Si](C)(C)C)cc(-c3c(C)c(C)cc4c3oc3ccccc34)[n+](C)c2cc1C.Cc1cc2c([Si](C)(C)C)cc(-c3c(C)c(C)cc4c3oc3ccccc34)[n+](C)c2cc1C. The monoisotopic (exact) mass is 1330 g/mol. The number of rotatable bonds is 6. The Morgan fingerprint density at radius 1 is 0.278 bits per heavy atom. The van der Waals surface area contributed by atoms with Gasteiger partial charge in [-0.25, -0.2) is 4.39 Å². The first-order valence-corrected chi connectivity index (χ1v) is 44.9. The average molecular weight is 1330 g/mol. The van der Waals surface area contributed by atoms with Gasteiger partial charge in [-0.1, -0.05) is 95.3 Å². The zero-order chi connectivity index (χ0) is 69.7. The number of nitrogens with zero attached hydrogens (tertiary/aromatic N) is 3. The maximum Gasteiger partial charge on any atom is 0.216 e. The first-order chi connectivity index (χ1) is 45.6. The molecule has 492 valence electrons. The molecule has 15 rings (SSSR count). The van der Waals surface area contributed by atoms with Gasteiger partial charge in [0.25, 0.3) is 0 Å². The first kappa shape index (κ1) is 66.8. The van der Waals surface area contributed by atoms with E-state index in [0.717, 1.165) is 49.9 Å². The van der Waals surface area contributed by atoms with E-state index >= 15 is 0 Å². The van der Waals surface area contributed by atoms with E-state index in [-0.39, 0.29) is 5.82 Å². The third-order valence-corrected chi connectivity index (χ3v) is 27.6. The third kappa shape index (κ3) is 11.3. The Kier molecular flexibility index (Phi) is 16.5. The molecule has 97 heavy (non-hydrogen) atoms. The van der Waals surface area contributed by atoms with Gasteiger partial charge in [0.15, 0.2) is 0 Å². The van der Waals surface area contributed by atoms with Crippen LogP contribution in [-0.4, -0.2) is 24.2 Å². The van der Waals surface area contributed by atoms with Gasteiger partial charge in [0.2, 0.25) is 33.6 Å². The van der Waals surface area contributed by atoms with E-state index in [1.165, 1.54) is 171 Å². The molecule has 6 heterocycles. The molecule has 0 aliphatic carbocycles. The Balaban J connectivity index is 0.000000131. The first-order valence-electron chi connectivity index (χ1n) is 34.4.